The zero-order valence-electron chi connectivity index (χ0n) is 10.4. The predicted octanol–water partition coefficient (Wildman–Crippen LogP) is 4.39. The quantitative estimate of drug-likeness (QED) is 0.761. The van der Waals surface area contributed by atoms with Crippen molar-refractivity contribution in [3.63, 3.8) is 0 Å². The second-order valence-corrected chi connectivity index (χ2v) is 5.46. The fraction of sp³-hybridized carbons (Fsp3) is 0.429. The Balaban J connectivity index is 2.67. The molecule has 0 aliphatic carbocycles. The smallest absolute Gasteiger partial charge is 0.0487 e. The van der Waals surface area contributed by atoms with Crippen LogP contribution in [0.2, 0.25) is 0 Å². The van der Waals surface area contributed by atoms with Gasteiger partial charge in [-0.05, 0) is 50.1 Å². The van der Waals surface area contributed by atoms with Gasteiger partial charge in [-0.3, -0.25) is 0 Å². The van der Waals surface area contributed by atoms with Crippen molar-refractivity contribution in [2.45, 2.75) is 32.6 Å². The van der Waals surface area contributed by atoms with Crippen molar-refractivity contribution in [2.75, 3.05) is 6.26 Å². The highest BCUT2D eigenvalue weighted by atomic mass is 32.2. The van der Waals surface area contributed by atoms with E-state index in [0.29, 0.717) is 6.04 Å². The highest BCUT2D eigenvalue weighted by Gasteiger charge is 2.10. The molecule has 0 saturated carbocycles. The molecule has 0 N–H and O–H groups in total. The van der Waals surface area contributed by atoms with Crippen LogP contribution in [-0.2, 0) is 5.75 Å². The van der Waals surface area contributed by atoms with Crippen LogP contribution in [0.25, 0.3) is 10.9 Å². The normalized spacial score (nSPS) is 11.6. The molecule has 0 aliphatic heterocycles. The van der Waals surface area contributed by atoms with E-state index >= 15 is 0 Å². The zero-order valence-corrected chi connectivity index (χ0v) is 11.3. The van der Waals surface area contributed by atoms with E-state index in [0.717, 1.165) is 5.75 Å². The minimum atomic E-state index is 0.529. The molecule has 0 bridgehead atoms. The molecular formula is C14H19NS. The van der Waals surface area contributed by atoms with Gasteiger partial charge in [0.1, 0.15) is 0 Å². The number of hydrogen-bond acceptors (Lipinski definition) is 1. The van der Waals surface area contributed by atoms with Gasteiger partial charge in [-0.1, -0.05) is 12.1 Å². The van der Waals surface area contributed by atoms with E-state index < -0.39 is 0 Å². The maximum Gasteiger partial charge on any atom is 0.0487 e. The molecule has 16 heavy (non-hydrogen) atoms. The van der Waals surface area contributed by atoms with E-state index in [-0.39, 0.29) is 0 Å². The Kier molecular flexibility index (Phi) is 3.29. The van der Waals surface area contributed by atoms with Crippen LogP contribution in [-0.4, -0.2) is 10.8 Å². The van der Waals surface area contributed by atoms with Crippen molar-refractivity contribution in [1.29, 1.82) is 0 Å². The molecule has 0 fully saturated rings. The van der Waals surface area contributed by atoms with Crippen LogP contribution in [0.3, 0.4) is 0 Å². The molecule has 2 heteroatoms. The molecule has 0 radical (unpaired) electrons. The van der Waals surface area contributed by atoms with Gasteiger partial charge < -0.3 is 4.57 Å². The number of rotatable bonds is 3. The predicted molar refractivity (Wildman–Crippen MR) is 74.3 cm³/mol. The monoisotopic (exact) mass is 233 g/mol. The van der Waals surface area contributed by atoms with Gasteiger partial charge in [0, 0.05) is 23.0 Å². The van der Waals surface area contributed by atoms with Crippen molar-refractivity contribution in [2.24, 2.45) is 0 Å². The van der Waals surface area contributed by atoms with Crippen molar-refractivity contribution < 1.29 is 0 Å². The number of benzene rings is 1. The number of fused-ring (bicyclic) bond motifs is 1. The molecule has 0 saturated heterocycles. The van der Waals surface area contributed by atoms with E-state index in [1.54, 1.807) is 0 Å². The lowest BCUT2D eigenvalue weighted by Crippen LogP contribution is -2.04. The fourth-order valence-corrected chi connectivity index (χ4v) is 2.78. The third-order valence-corrected chi connectivity index (χ3v) is 3.47. The first-order valence-electron chi connectivity index (χ1n) is 5.73. The lowest BCUT2D eigenvalue weighted by molar-refractivity contribution is 0.606. The lowest BCUT2D eigenvalue weighted by atomic mass is 10.2. The Labute approximate surface area is 102 Å². The average Bonchev–Trinajstić information content (AvgIpc) is 2.55. The van der Waals surface area contributed by atoms with E-state index in [1.165, 1.54) is 22.2 Å². The highest BCUT2D eigenvalue weighted by molar-refractivity contribution is 7.97. The summed E-state index contributed by atoms with van der Waals surface area (Å²) in [6, 6.07) is 9.56. The largest absolute Gasteiger partial charge is 0.341 e. The van der Waals surface area contributed by atoms with Crippen LogP contribution in [0.1, 0.15) is 31.1 Å². The summed E-state index contributed by atoms with van der Waals surface area (Å²) in [6.07, 6.45) is 2.16. The SMILES string of the molecule is CSCc1cc2ccc(C)cc2n1C(C)C. The minimum Gasteiger partial charge on any atom is -0.341 e. The molecule has 1 nitrogen and oxygen atoms in total. The third-order valence-electron chi connectivity index (χ3n) is 2.89. The van der Waals surface area contributed by atoms with Crippen molar-refractivity contribution in [1.82, 2.24) is 4.57 Å². The molecule has 1 aromatic carbocycles. The lowest BCUT2D eigenvalue weighted by Gasteiger charge is -2.14. The first kappa shape index (κ1) is 11.6. The summed E-state index contributed by atoms with van der Waals surface area (Å²) >= 11 is 1.88. The first-order valence-corrected chi connectivity index (χ1v) is 7.12. The summed E-state index contributed by atoms with van der Waals surface area (Å²) in [7, 11) is 0. The molecule has 0 amide bonds. The minimum absolute atomic E-state index is 0.529. The van der Waals surface area contributed by atoms with Crippen molar-refractivity contribution in [3.05, 3.63) is 35.5 Å². The van der Waals surface area contributed by atoms with Gasteiger partial charge in [-0.2, -0.15) is 11.8 Å². The second-order valence-electron chi connectivity index (χ2n) is 4.59. The zero-order chi connectivity index (χ0) is 11.7. The van der Waals surface area contributed by atoms with E-state index in [1.807, 2.05) is 11.8 Å². The Hall–Kier alpha value is -0.890. The van der Waals surface area contributed by atoms with E-state index in [9.17, 15) is 0 Å². The van der Waals surface area contributed by atoms with Crippen molar-refractivity contribution in [3.8, 4) is 0 Å². The van der Waals surface area contributed by atoms with E-state index in [4.69, 9.17) is 0 Å². The van der Waals surface area contributed by atoms with Gasteiger partial charge in [0.25, 0.3) is 0 Å². The van der Waals surface area contributed by atoms with Crippen LogP contribution in [0, 0.1) is 6.92 Å². The molecule has 0 unspecified atom stereocenters. The average molecular weight is 233 g/mol. The number of hydrogen-bond donors (Lipinski definition) is 0. The molecule has 0 aliphatic rings. The number of nitrogens with zero attached hydrogens (tertiary/aromatic N) is 1. The number of aromatic nitrogens is 1. The Bertz CT molecular complexity index is 497. The van der Waals surface area contributed by atoms with Gasteiger partial charge in [0.15, 0.2) is 0 Å². The summed E-state index contributed by atoms with van der Waals surface area (Å²) in [4.78, 5) is 0. The van der Waals surface area contributed by atoms with Crippen LogP contribution in [0.5, 0.6) is 0 Å². The van der Waals surface area contributed by atoms with Crippen LogP contribution in [0.4, 0.5) is 0 Å². The van der Waals surface area contributed by atoms with Crippen LogP contribution in [0.15, 0.2) is 24.3 Å². The Morgan fingerprint density at radius 3 is 2.62 bits per heavy atom. The van der Waals surface area contributed by atoms with Gasteiger partial charge in [0.2, 0.25) is 0 Å². The van der Waals surface area contributed by atoms with Gasteiger partial charge in [-0.15, -0.1) is 0 Å². The van der Waals surface area contributed by atoms with Gasteiger partial charge in [-0.25, -0.2) is 0 Å². The molecule has 1 aromatic heterocycles. The number of thioether (sulfide) groups is 1. The summed E-state index contributed by atoms with van der Waals surface area (Å²) < 4.78 is 2.46. The second kappa shape index (κ2) is 4.54. The number of aryl methyl sites for hydroxylation is 1. The van der Waals surface area contributed by atoms with Crippen molar-refractivity contribution >= 4 is 22.7 Å². The van der Waals surface area contributed by atoms with Crippen LogP contribution >= 0.6 is 11.8 Å². The third kappa shape index (κ3) is 1.99. The topological polar surface area (TPSA) is 4.93 Å². The maximum atomic E-state index is 2.46. The standard InChI is InChI=1S/C14H19NS/c1-10(2)15-13(9-16-4)8-12-6-5-11(3)7-14(12)15/h5-8,10H,9H2,1-4H3. The van der Waals surface area contributed by atoms with E-state index in [2.05, 4.69) is 55.9 Å². The molecular weight excluding hydrogens is 214 g/mol. The van der Waals surface area contributed by atoms with Crippen LogP contribution < -0.4 is 0 Å². The summed E-state index contributed by atoms with van der Waals surface area (Å²) in [6.45, 7) is 6.67. The molecule has 0 atom stereocenters. The first-order chi connectivity index (χ1) is 7.63. The molecule has 0 spiro atoms. The fourth-order valence-electron chi connectivity index (χ4n) is 2.26. The molecule has 2 rings (SSSR count). The maximum absolute atomic E-state index is 2.46. The summed E-state index contributed by atoms with van der Waals surface area (Å²) in [5.74, 6) is 1.09. The Morgan fingerprint density at radius 2 is 2.00 bits per heavy atom. The molecule has 2 aromatic rings. The summed E-state index contributed by atoms with van der Waals surface area (Å²) in [5.41, 5.74) is 4.14. The highest BCUT2D eigenvalue weighted by Crippen LogP contribution is 2.27. The van der Waals surface area contributed by atoms with Gasteiger partial charge in [0.05, 0.1) is 0 Å². The molecule has 1 heterocycles. The van der Waals surface area contributed by atoms with Gasteiger partial charge >= 0.3 is 0 Å². The summed E-state index contributed by atoms with van der Waals surface area (Å²) in [5, 5.41) is 1.36. The molecule has 86 valence electrons. The Morgan fingerprint density at radius 1 is 1.25 bits per heavy atom.